The van der Waals surface area contributed by atoms with Gasteiger partial charge in [-0.2, -0.15) is 0 Å². The van der Waals surface area contributed by atoms with E-state index in [2.05, 4.69) is 20.5 Å². The highest BCUT2D eigenvalue weighted by Gasteiger charge is 2.24. The molecule has 1 fully saturated rings. The predicted molar refractivity (Wildman–Crippen MR) is 112 cm³/mol. The van der Waals surface area contributed by atoms with Crippen molar-refractivity contribution in [1.82, 2.24) is 4.98 Å². The lowest BCUT2D eigenvalue weighted by Gasteiger charge is -2.29. The highest BCUT2D eigenvalue weighted by Crippen LogP contribution is 2.30. The molecule has 2 aromatic rings. The lowest BCUT2D eigenvalue weighted by Crippen LogP contribution is -2.37. The van der Waals surface area contributed by atoms with Crippen molar-refractivity contribution in [2.75, 3.05) is 41.8 Å². The topological polar surface area (TPSA) is 83.6 Å². The molecule has 1 aliphatic heterocycles. The quantitative estimate of drug-likeness (QED) is 0.817. The fourth-order valence-corrected chi connectivity index (χ4v) is 3.73. The van der Waals surface area contributed by atoms with Crippen LogP contribution in [0.5, 0.6) is 0 Å². The molecule has 0 aromatic carbocycles. The van der Waals surface area contributed by atoms with Crippen LogP contribution in [0.4, 0.5) is 16.5 Å². The summed E-state index contributed by atoms with van der Waals surface area (Å²) in [5.41, 5.74) is 0.995. The third-order valence-electron chi connectivity index (χ3n) is 4.39. The van der Waals surface area contributed by atoms with Crippen molar-refractivity contribution < 1.29 is 14.3 Å². The predicted octanol–water partition coefficient (Wildman–Crippen LogP) is 3.53. The van der Waals surface area contributed by atoms with Crippen LogP contribution in [0.1, 0.15) is 36.0 Å². The first-order valence-electron chi connectivity index (χ1n) is 9.26. The van der Waals surface area contributed by atoms with Crippen molar-refractivity contribution in [1.29, 1.82) is 0 Å². The largest absolute Gasteiger partial charge is 0.378 e. The van der Waals surface area contributed by atoms with Gasteiger partial charge in [-0.05, 0) is 30.7 Å². The number of aryl methyl sites for hydroxylation is 1. The fraction of sp³-hybridized carbons (Fsp3) is 0.450. The monoisotopic (exact) mass is 402 g/mol. The minimum absolute atomic E-state index is 0.0810. The number of hydrogen-bond acceptors (Lipinski definition) is 6. The van der Waals surface area contributed by atoms with Crippen LogP contribution in [-0.2, 0) is 9.53 Å². The van der Waals surface area contributed by atoms with E-state index in [-0.39, 0.29) is 11.8 Å². The van der Waals surface area contributed by atoms with Crippen LogP contribution in [0.3, 0.4) is 0 Å². The first-order chi connectivity index (χ1) is 13.3. The molecule has 1 saturated heterocycles. The molecule has 150 valence electrons. The summed E-state index contributed by atoms with van der Waals surface area (Å²) >= 11 is 1.27. The van der Waals surface area contributed by atoms with Crippen LogP contribution < -0.4 is 15.5 Å². The highest BCUT2D eigenvalue weighted by atomic mass is 32.1. The second-order valence-corrected chi connectivity index (χ2v) is 8.81. The Bertz CT molecular complexity index is 867. The third-order valence-corrected chi connectivity index (χ3v) is 5.54. The summed E-state index contributed by atoms with van der Waals surface area (Å²) in [5.74, 6) is 0.457. The first kappa shape index (κ1) is 20.3. The number of thiophene rings is 1. The average molecular weight is 403 g/mol. The van der Waals surface area contributed by atoms with Crippen LogP contribution in [0.2, 0.25) is 0 Å². The summed E-state index contributed by atoms with van der Waals surface area (Å²) in [6.45, 7) is 10.2. The number of carbonyl (C=O) groups excluding carboxylic acids is 2. The molecule has 0 spiro atoms. The van der Waals surface area contributed by atoms with Gasteiger partial charge < -0.3 is 20.3 Å². The number of aromatic nitrogens is 1. The van der Waals surface area contributed by atoms with Gasteiger partial charge in [0, 0.05) is 24.7 Å². The van der Waals surface area contributed by atoms with E-state index < -0.39 is 5.41 Å². The normalized spacial score (nSPS) is 14.6. The van der Waals surface area contributed by atoms with E-state index in [1.165, 1.54) is 11.3 Å². The summed E-state index contributed by atoms with van der Waals surface area (Å²) in [6.07, 6.45) is 1.72. The van der Waals surface area contributed by atoms with E-state index in [1.807, 2.05) is 39.8 Å². The van der Waals surface area contributed by atoms with E-state index in [1.54, 1.807) is 12.3 Å². The van der Waals surface area contributed by atoms with Gasteiger partial charge in [0.25, 0.3) is 5.91 Å². The summed E-state index contributed by atoms with van der Waals surface area (Å²) in [5, 5.41) is 6.53. The smallest absolute Gasteiger partial charge is 0.266 e. The molecule has 0 atom stereocenters. The van der Waals surface area contributed by atoms with Gasteiger partial charge in [0.2, 0.25) is 5.91 Å². The van der Waals surface area contributed by atoms with Crippen LogP contribution in [0.15, 0.2) is 24.4 Å². The maximum Gasteiger partial charge on any atom is 0.266 e. The van der Waals surface area contributed by atoms with Crippen molar-refractivity contribution in [3.8, 4) is 0 Å². The number of pyridine rings is 1. The number of ether oxygens (including phenoxy) is 1. The van der Waals surface area contributed by atoms with Gasteiger partial charge >= 0.3 is 0 Å². The molecule has 8 heteroatoms. The first-order valence-corrected chi connectivity index (χ1v) is 10.1. The van der Waals surface area contributed by atoms with E-state index >= 15 is 0 Å². The number of hydrogen-bond donors (Lipinski definition) is 2. The van der Waals surface area contributed by atoms with Crippen LogP contribution in [0.25, 0.3) is 0 Å². The zero-order valence-electron chi connectivity index (χ0n) is 16.7. The van der Waals surface area contributed by atoms with Gasteiger partial charge in [-0.1, -0.05) is 20.8 Å². The van der Waals surface area contributed by atoms with E-state index in [0.717, 1.165) is 24.5 Å². The molecule has 7 nitrogen and oxygen atoms in total. The zero-order valence-corrected chi connectivity index (χ0v) is 17.5. The van der Waals surface area contributed by atoms with Gasteiger partial charge in [0.15, 0.2) is 5.82 Å². The molecule has 0 bridgehead atoms. The molecule has 2 aromatic heterocycles. The van der Waals surface area contributed by atoms with E-state index in [9.17, 15) is 9.59 Å². The SMILES string of the molecule is Cc1cc(NC(=O)C(C)(C)C)sc1C(=O)Nc1cccnc1N1CCOCC1. The number of carbonyl (C=O) groups is 2. The molecule has 3 rings (SSSR count). The number of morpholine rings is 1. The fourth-order valence-electron chi connectivity index (χ4n) is 2.77. The Kier molecular flexibility index (Phi) is 6.00. The molecule has 2 N–H and O–H groups in total. The van der Waals surface area contributed by atoms with Crippen molar-refractivity contribution in [3.63, 3.8) is 0 Å². The summed E-state index contributed by atoms with van der Waals surface area (Å²) in [4.78, 5) is 32.2. The number of rotatable bonds is 4. The van der Waals surface area contributed by atoms with Crippen LogP contribution >= 0.6 is 11.3 Å². The molecule has 0 unspecified atom stereocenters. The average Bonchev–Trinajstić information content (AvgIpc) is 3.02. The highest BCUT2D eigenvalue weighted by molar-refractivity contribution is 7.18. The Balaban J connectivity index is 1.76. The molecule has 1 aliphatic rings. The zero-order chi connectivity index (χ0) is 20.3. The maximum atomic E-state index is 12.9. The summed E-state index contributed by atoms with van der Waals surface area (Å²) < 4.78 is 5.40. The Morgan fingerprint density at radius 1 is 1.21 bits per heavy atom. The summed E-state index contributed by atoms with van der Waals surface area (Å²) in [6, 6.07) is 5.48. The Labute approximate surface area is 169 Å². The molecule has 0 aliphatic carbocycles. The Morgan fingerprint density at radius 2 is 1.93 bits per heavy atom. The molecule has 2 amide bonds. The number of amides is 2. The van der Waals surface area contributed by atoms with Gasteiger partial charge in [0.1, 0.15) is 0 Å². The summed E-state index contributed by atoms with van der Waals surface area (Å²) in [7, 11) is 0. The second kappa shape index (κ2) is 8.28. The van der Waals surface area contributed by atoms with E-state index in [0.29, 0.717) is 28.8 Å². The van der Waals surface area contributed by atoms with Crippen molar-refractivity contribution in [3.05, 3.63) is 34.8 Å². The van der Waals surface area contributed by atoms with Gasteiger partial charge in [0.05, 0.1) is 28.8 Å². The number of nitrogens with one attached hydrogen (secondary N) is 2. The molecular formula is C20H26N4O3S. The van der Waals surface area contributed by atoms with Gasteiger partial charge in [-0.15, -0.1) is 11.3 Å². The van der Waals surface area contributed by atoms with Crippen molar-refractivity contribution >= 4 is 39.7 Å². The number of nitrogens with zero attached hydrogens (tertiary/aromatic N) is 2. The number of anilines is 3. The Hall–Kier alpha value is -2.45. The third kappa shape index (κ3) is 4.69. The minimum Gasteiger partial charge on any atom is -0.378 e. The Morgan fingerprint density at radius 3 is 2.61 bits per heavy atom. The maximum absolute atomic E-state index is 12.9. The second-order valence-electron chi connectivity index (χ2n) is 7.76. The molecular weight excluding hydrogens is 376 g/mol. The van der Waals surface area contributed by atoms with E-state index in [4.69, 9.17) is 4.74 Å². The van der Waals surface area contributed by atoms with Crippen molar-refractivity contribution in [2.24, 2.45) is 5.41 Å². The molecule has 28 heavy (non-hydrogen) atoms. The molecule has 3 heterocycles. The standard InChI is InChI=1S/C20H26N4O3S/c1-13-12-15(23-19(26)20(2,3)4)28-16(13)18(25)22-14-6-5-7-21-17(14)24-8-10-27-11-9-24/h5-7,12H,8-11H2,1-4H3,(H,22,25)(H,23,26). The lowest BCUT2D eigenvalue weighted by molar-refractivity contribution is -0.123. The van der Waals surface area contributed by atoms with Crippen LogP contribution in [0, 0.1) is 12.3 Å². The lowest BCUT2D eigenvalue weighted by atomic mass is 9.96. The van der Waals surface area contributed by atoms with Crippen molar-refractivity contribution in [2.45, 2.75) is 27.7 Å². The van der Waals surface area contributed by atoms with Gasteiger partial charge in [-0.25, -0.2) is 4.98 Å². The van der Waals surface area contributed by atoms with Crippen LogP contribution in [-0.4, -0.2) is 43.1 Å². The van der Waals surface area contributed by atoms with Gasteiger partial charge in [-0.3, -0.25) is 9.59 Å². The molecule has 0 saturated carbocycles. The minimum atomic E-state index is -0.497. The molecule has 0 radical (unpaired) electrons.